The smallest absolute Gasteiger partial charge is 0.340 e. The van der Waals surface area contributed by atoms with Crippen LogP contribution in [0.3, 0.4) is 0 Å². The van der Waals surface area contributed by atoms with Gasteiger partial charge in [0, 0.05) is 18.8 Å². The van der Waals surface area contributed by atoms with Crippen molar-refractivity contribution in [1.82, 2.24) is 10.3 Å². The molecule has 0 spiro atoms. The van der Waals surface area contributed by atoms with E-state index >= 15 is 0 Å². The fraction of sp³-hybridized carbons (Fsp3) is 0.714. The Kier molecular flexibility index (Phi) is 5.01. The fourth-order valence-corrected chi connectivity index (χ4v) is 5.96. The number of hydrogen-bond acceptors (Lipinski definition) is 4. The van der Waals surface area contributed by atoms with Gasteiger partial charge in [0.05, 0.1) is 12.2 Å². The van der Waals surface area contributed by atoms with E-state index in [1.165, 1.54) is 32.1 Å². The topological polar surface area (TPSA) is 80.4 Å². The number of esters is 1. The highest BCUT2D eigenvalue weighted by molar-refractivity contribution is 6.00. The maximum Gasteiger partial charge on any atom is 0.340 e. The Morgan fingerprint density at radius 2 is 1.67 bits per heavy atom. The van der Waals surface area contributed by atoms with Crippen LogP contribution in [0.1, 0.15) is 64.2 Å². The summed E-state index contributed by atoms with van der Waals surface area (Å²) < 4.78 is 10.1. The van der Waals surface area contributed by atoms with Crippen molar-refractivity contribution in [2.45, 2.75) is 52.0 Å². The summed E-state index contributed by atoms with van der Waals surface area (Å²) >= 11 is 0. The van der Waals surface area contributed by atoms with E-state index in [1.54, 1.807) is 14.0 Å². The molecule has 0 saturated heterocycles. The highest BCUT2D eigenvalue weighted by atomic mass is 16.6. The summed E-state index contributed by atoms with van der Waals surface area (Å²) in [6.45, 7) is 4.17. The molecule has 0 aliphatic heterocycles. The van der Waals surface area contributed by atoms with Crippen molar-refractivity contribution in [3.63, 3.8) is 0 Å². The van der Waals surface area contributed by atoms with Gasteiger partial charge in [-0.05, 0) is 75.2 Å². The van der Waals surface area contributed by atoms with Crippen molar-refractivity contribution in [3.8, 4) is 0 Å². The van der Waals surface area contributed by atoms with Crippen LogP contribution in [0, 0.1) is 37.5 Å². The van der Waals surface area contributed by atoms with Crippen molar-refractivity contribution in [2.24, 2.45) is 23.7 Å². The SMILES string of the molecule is COCCOC(=O)c1c(C)[nH]c(C(=O)NC2C3CC4CC(C3)CC2C4)c1C. The normalized spacial score (nSPS) is 31.1. The minimum absolute atomic E-state index is 0.0935. The van der Waals surface area contributed by atoms with Crippen LogP contribution in [-0.2, 0) is 9.47 Å². The highest BCUT2D eigenvalue weighted by Crippen LogP contribution is 2.53. The third kappa shape index (κ3) is 3.40. The van der Waals surface area contributed by atoms with E-state index in [0.717, 1.165) is 11.8 Å². The van der Waals surface area contributed by atoms with Crippen LogP contribution >= 0.6 is 0 Å². The molecule has 27 heavy (non-hydrogen) atoms. The number of ether oxygens (including phenoxy) is 2. The number of aromatic nitrogens is 1. The molecule has 0 aromatic carbocycles. The molecule has 1 heterocycles. The van der Waals surface area contributed by atoms with E-state index in [-0.39, 0.29) is 18.6 Å². The number of amides is 1. The van der Waals surface area contributed by atoms with Gasteiger partial charge in [-0.3, -0.25) is 4.79 Å². The molecule has 0 atom stereocenters. The zero-order valence-corrected chi connectivity index (χ0v) is 16.5. The molecular weight excluding hydrogens is 344 g/mol. The number of methoxy groups -OCH3 is 1. The Morgan fingerprint density at radius 3 is 2.26 bits per heavy atom. The Hall–Kier alpha value is -1.82. The van der Waals surface area contributed by atoms with Crippen LogP contribution in [0.5, 0.6) is 0 Å². The first-order valence-electron chi connectivity index (χ1n) is 10.1. The molecule has 4 fully saturated rings. The third-order valence-corrected chi connectivity index (χ3v) is 6.91. The van der Waals surface area contributed by atoms with Gasteiger partial charge in [0.25, 0.3) is 5.91 Å². The van der Waals surface area contributed by atoms with Gasteiger partial charge in [-0.1, -0.05) is 0 Å². The molecule has 4 saturated carbocycles. The second-order valence-corrected chi connectivity index (χ2v) is 8.68. The summed E-state index contributed by atoms with van der Waals surface area (Å²) in [5.74, 6) is 2.50. The number of aryl methyl sites for hydroxylation is 1. The third-order valence-electron chi connectivity index (χ3n) is 6.91. The molecular formula is C21H30N2O4. The molecule has 6 nitrogen and oxygen atoms in total. The van der Waals surface area contributed by atoms with E-state index in [1.807, 2.05) is 6.92 Å². The Bertz CT molecular complexity index is 711. The average Bonchev–Trinajstić information content (AvgIpc) is 2.92. The molecule has 4 aliphatic carbocycles. The summed E-state index contributed by atoms with van der Waals surface area (Å²) in [6, 6.07) is 0.283. The number of carbonyl (C=O) groups is 2. The van der Waals surface area contributed by atoms with E-state index in [4.69, 9.17) is 9.47 Å². The largest absolute Gasteiger partial charge is 0.460 e. The van der Waals surface area contributed by atoms with Gasteiger partial charge in [0.15, 0.2) is 0 Å². The molecule has 6 heteroatoms. The first kappa shape index (κ1) is 18.5. The molecule has 5 rings (SSSR count). The Labute approximate surface area is 160 Å². The minimum atomic E-state index is -0.410. The van der Waals surface area contributed by atoms with E-state index < -0.39 is 5.97 Å². The number of H-pyrrole nitrogens is 1. The summed E-state index contributed by atoms with van der Waals surface area (Å²) in [6.07, 6.45) is 6.45. The molecule has 148 valence electrons. The molecule has 2 N–H and O–H groups in total. The lowest BCUT2D eigenvalue weighted by molar-refractivity contribution is -0.0120. The van der Waals surface area contributed by atoms with Gasteiger partial charge in [-0.15, -0.1) is 0 Å². The molecule has 1 aromatic heterocycles. The summed E-state index contributed by atoms with van der Waals surface area (Å²) in [5, 5.41) is 3.31. The number of carbonyl (C=O) groups excluding carboxylic acids is 2. The van der Waals surface area contributed by atoms with Crippen molar-refractivity contribution >= 4 is 11.9 Å². The van der Waals surface area contributed by atoms with Gasteiger partial charge < -0.3 is 19.8 Å². The minimum Gasteiger partial charge on any atom is -0.460 e. The lowest BCUT2D eigenvalue weighted by Gasteiger charge is -2.54. The van der Waals surface area contributed by atoms with Crippen LogP contribution in [0.4, 0.5) is 0 Å². The standard InChI is InChI=1S/C21H30N2O4/c1-11-17(21(25)27-5-4-26-3)12(2)22-18(11)20(24)23-19-15-7-13-6-14(9-15)10-16(19)8-13/h13-16,19,22H,4-10H2,1-3H3,(H,23,24). The van der Waals surface area contributed by atoms with Crippen LogP contribution in [0.25, 0.3) is 0 Å². The molecule has 4 aliphatic rings. The maximum atomic E-state index is 13.0. The second-order valence-electron chi connectivity index (χ2n) is 8.68. The van der Waals surface area contributed by atoms with E-state index in [2.05, 4.69) is 10.3 Å². The molecule has 4 bridgehead atoms. The van der Waals surface area contributed by atoms with Crippen LogP contribution < -0.4 is 5.32 Å². The fourth-order valence-electron chi connectivity index (χ4n) is 5.96. The Morgan fingerprint density at radius 1 is 1.04 bits per heavy atom. The maximum absolute atomic E-state index is 13.0. The zero-order valence-electron chi connectivity index (χ0n) is 16.5. The molecule has 0 unspecified atom stereocenters. The van der Waals surface area contributed by atoms with E-state index in [9.17, 15) is 9.59 Å². The van der Waals surface area contributed by atoms with Crippen molar-refractivity contribution in [1.29, 1.82) is 0 Å². The predicted molar refractivity (Wildman–Crippen MR) is 101 cm³/mol. The van der Waals surface area contributed by atoms with E-state index in [0.29, 0.717) is 41.0 Å². The second kappa shape index (κ2) is 7.30. The zero-order chi connectivity index (χ0) is 19.1. The quantitative estimate of drug-likeness (QED) is 0.592. The van der Waals surface area contributed by atoms with Crippen molar-refractivity contribution in [2.75, 3.05) is 20.3 Å². The number of aromatic amines is 1. The first-order chi connectivity index (χ1) is 13.0. The molecule has 1 amide bonds. The van der Waals surface area contributed by atoms with Gasteiger partial charge in [0.1, 0.15) is 12.3 Å². The first-order valence-corrected chi connectivity index (χ1v) is 10.1. The Balaban J connectivity index is 1.46. The lowest BCUT2D eigenvalue weighted by Crippen LogP contribution is -2.55. The van der Waals surface area contributed by atoms with Gasteiger partial charge in [0.2, 0.25) is 0 Å². The number of hydrogen-bond donors (Lipinski definition) is 2. The number of rotatable bonds is 6. The van der Waals surface area contributed by atoms with Crippen molar-refractivity contribution < 1.29 is 19.1 Å². The molecule has 1 aromatic rings. The van der Waals surface area contributed by atoms with Crippen LogP contribution in [-0.4, -0.2) is 43.2 Å². The summed E-state index contributed by atoms with van der Waals surface area (Å²) in [5.41, 5.74) is 2.28. The summed E-state index contributed by atoms with van der Waals surface area (Å²) in [4.78, 5) is 28.5. The highest BCUT2D eigenvalue weighted by Gasteiger charge is 2.48. The van der Waals surface area contributed by atoms with Crippen molar-refractivity contribution in [3.05, 3.63) is 22.5 Å². The monoisotopic (exact) mass is 374 g/mol. The van der Waals surface area contributed by atoms with Gasteiger partial charge in [-0.2, -0.15) is 0 Å². The predicted octanol–water partition coefficient (Wildman–Crippen LogP) is 2.99. The van der Waals surface area contributed by atoms with Crippen LogP contribution in [0.2, 0.25) is 0 Å². The average molecular weight is 374 g/mol. The van der Waals surface area contributed by atoms with Gasteiger partial charge >= 0.3 is 5.97 Å². The van der Waals surface area contributed by atoms with Crippen LogP contribution in [0.15, 0.2) is 0 Å². The lowest BCUT2D eigenvalue weighted by atomic mass is 9.54. The van der Waals surface area contributed by atoms with Gasteiger partial charge in [-0.25, -0.2) is 4.79 Å². The number of nitrogens with one attached hydrogen (secondary N) is 2. The summed E-state index contributed by atoms with van der Waals surface area (Å²) in [7, 11) is 1.56. The molecule has 0 radical (unpaired) electrons.